The van der Waals surface area contributed by atoms with Crippen molar-refractivity contribution >= 4 is 11.6 Å². The van der Waals surface area contributed by atoms with E-state index in [0.29, 0.717) is 29.2 Å². The molecule has 1 aromatic rings. The number of likely N-dealkylation sites (tertiary alicyclic amines) is 1. The highest BCUT2D eigenvalue weighted by atomic mass is 35.5. The van der Waals surface area contributed by atoms with E-state index in [0.717, 1.165) is 30.8 Å². The van der Waals surface area contributed by atoms with Gasteiger partial charge in [0.1, 0.15) is 16.6 Å². The van der Waals surface area contributed by atoms with Gasteiger partial charge in [0.15, 0.2) is 0 Å². The lowest BCUT2D eigenvalue weighted by Crippen LogP contribution is -2.47. The Bertz CT molecular complexity index is 740. The standard InChI is InChI=1S/C22H30ClFN2O2/c1-14(2)17(6)21(7-16(5)24)27-13-19-11-26(12-19)10-18-8-20(23)22(25-9-18)28-15(3)4/h7-9,14-15,19H,5-6,10-13H2,1-4H3/b21-7+. The molecular formula is C22H30ClFN2O2. The Balaban J connectivity index is 1.82. The third-order valence-corrected chi connectivity index (χ3v) is 4.70. The minimum absolute atomic E-state index is 0.0345. The van der Waals surface area contributed by atoms with E-state index in [1.165, 1.54) is 6.08 Å². The van der Waals surface area contributed by atoms with Crippen molar-refractivity contribution in [2.45, 2.75) is 40.3 Å². The van der Waals surface area contributed by atoms with E-state index < -0.39 is 5.83 Å². The monoisotopic (exact) mass is 408 g/mol. The molecule has 154 valence electrons. The molecule has 0 bridgehead atoms. The van der Waals surface area contributed by atoms with E-state index in [1.54, 1.807) is 6.20 Å². The number of nitrogens with zero attached hydrogens (tertiary/aromatic N) is 2. The van der Waals surface area contributed by atoms with Crippen LogP contribution in [0.1, 0.15) is 33.3 Å². The highest BCUT2D eigenvalue weighted by Gasteiger charge is 2.28. The summed E-state index contributed by atoms with van der Waals surface area (Å²) in [5.41, 5.74) is 1.82. The molecule has 6 heteroatoms. The number of pyridine rings is 1. The molecular weight excluding hydrogens is 379 g/mol. The molecule has 0 N–H and O–H groups in total. The van der Waals surface area contributed by atoms with Gasteiger partial charge in [0, 0.05) is 37.8 Å². The number of hydrogen-bond acceptors (Lipinski definition) is 4. The SMILES string of the molecule is C=C(F)/C=C(/OCC1CN(Cc2cnc(OC(C)C)c(Cl)c2)C1)C(=C)C(C)C. The fourth-order valence-electron chi connectivity index (χ4n) is 2.89. The topological polar surface area (TPSA) is 34.6 Å². The van der Waals surface area contributed by atoms with Crippen molar-refractivity contribution in [1.29, 1.82) is 0 Å². The molecule has 1 aliphatic heterocycles. The summed E-state index contributed by atoms with van der Waals surface area (Å²) in [4.78, 5) is 6.60. The summed E-state index contributed by atoms with van der Waals surface area (Å²) in [5, 5.41) is 0.528. The van der Waals surface area contributed by atoms with Crippen molar-refractivity contribution < 1.29 is 13.9 Å². The molecule has 0 saturated carbocycles. The first-order chi connectivity index (χ1) is 13.2. The minimum Gasteiger partial charge on any atom is -0.493 e. The van der Waals surface area contributed by atoms with Crippen molar-refractivity contribution in [3.63, 3.8) is 0 Å². The molecule has 2 rings (SSSR count). The van der Waals surface area contributed by atoms with Gasteiger partial charge in [0.05, 0.1) is 12.7 Å². The van der Waals surface area contributed by atoms with Crippen LogP contribution in [0.2, 0.25) is 5.02 Å². The summed E-state index contributed by atoms with van der Waals surface area (Å²) in [7, 11) is 0. The van der Waals surface area contributed by atoms with Crippen molar-refractivity contribution in [2.24, 2.45) is 11.8 Å². The molecule has 0 aliphatic carbocycles. The van der Waals surface area contributed by atoms with Crippen molar-refractivity contribution in [3.05, 3.63) is 59.2 Å². The lowest BCUT2D eigenvalue weighted by Gasteiger charge is -2.39. The first kappa shape index (κ1) is 22.4. The van der Waals surface area contributed by atoms with Gasteiger partial charge < -0.3 is 9.47 Å². The van der Waals surface area contributed by atoms with Crippen LogP contribution in [-0.2, 0) is 11.3 Å². The molecule has 1 aromatic heterocycles. The van der Waals surface area contributed by atoms with E-state index >= 15 is 0 Å². The smallest absolute Gasteiger partial charge is 0.232 e. The summed E-state index contributed by atoms with van der Waals surface area (Å²) >= 11 is 6.25. The van der Waals surface area contributed by atoms with Crippen LogP contribution in [0, 0.1) is 11.8 Å². The van der Waals surface area contributed by atoms with Crippen LogP contribution < -0.4 is 4.74 Å². The average molecular weight is 409 g/mol. The van der Waals surface area contributed by atoms with Crippen LogP contribution in [0.25, 0.3) is 0 Å². The van der Waals surface area contributed by atoms with E-state index in [1.807, 2.05) is 33.8 Å². The van der Waals surface area contributed by atoms with Crippen LogP contribution in [0.15, 0.2) is 48.7 Å². The number of aromatic nitrogens is 1. The van der Waals surface area contributed by atoms with Crippen molar-refractivity contribution in [3.8, 4) is 5.88 Å². The molecule has 1 aliphatic rings. The van der Waals surface area contributed by atoms with Gasteiger partial charge in [-0.05, 0) is 37.0 Å². The highest BCUT2D eigenvalue weighted by Crippen LogP contribution is 2.27. The second-order valence-corrected chi connectivity index (χ2v) is 8.21. The number of halogens is 2. The maximum absolute atomic E-state index is 13.2. The van der Waals surface area contributed by atoms with Crippen LogP contribution in [0.4, 0.5) is 4.39 Å². The number of hydrogen-bond donors (Lipinski definition) is 0. The Morgan fingerprint density at radius 2 is 2.04 bits per heavy atom. The van der Waals surface area contributed by atoms with Gasteiger partial charge in [-0.25, -0.2) is 9.37 Å². The molecule has 28 heavy (non-hydrogen) atoms. The predicted octanol–water partition coefficient (Wildman–Crippen LogP) is 5.55. The van der Waals surface area contributed by atoms with Gasteiger partial charge in [-0.1, -0.05) is 38.6 Å². The van der Waals surface area contributed by atoms with Gasteiger partial charge in [-0.15, -0.1) is 0 Å². The Labute approximate surface area is 172 Å². The van der Waals surface area contributed by atoms with Gasteiger partial charge in [-0.3, -0.25) is 4.90 Å². The fourth-order valence-corrected chi connectivity index (χ4v) is 3.13. The minimum atomic E-state index is -0.527. The van der Waals surface area contributed by atoms with E-state index in [2.05, 4.69) is 23.0 Å². The molecule has 0 aromatic carbocycles. The normalized spacial score (nSPS) is 15.6. The Morgan fingerprint density at radius 1 is 1.36 bits per heavy atom. The van der Waals surface area contributed by atoms with E-state index in [4.69, 9.17) is 21.1 Å². The zero-order chi connectivity index (χ0) is 20.8. The summed E-state index contributed by atoms with van der Waals surface area (Å²) in [6.45, 7) is 18.3. The van der Waals surface area contributed by atoms with Gasteiger partial charge in [0.25, 0.3) is 0 Å². The quantitative estimate of drug-likeness (QED) is 0.375. The maximum atomic E-state index is 13.2. The zero-order valence-corrected chi connectivity index (χ0v) is 17.9. The second kappa shape index (κ2) is 10.1. The van der Waals surface area contributed by atoms with E-state index in [9.17, 15) is 4.39 Å². The number of ether oxygens (including phenoxy) is 2. The molecule has 1 fully saturated rings. The summed E-state index contributed by atoms with van der Waals surface area (Å²) in [6.07, 6.45) is 3.15. The lowest BCUT2D eigenvalue weighted by molar-refractivity contribution is 0.0349. The summed E-state index contributed by atoms with van der Waals surface area (Å²) < 4.78 is 24.6. The van der Waals surface area contributed by atoms with Crippen LogP contribution in [0.5, 0.6) is 5.88 Å². The van der Waals surface area contributed by atoms with Gasteiger partial charge in [-0.2, -0.15) is 0 Å². The largest absolute Gasteiger partial charge is 0.493 e. The van der Waals surface area contributed by atoms with Crippen molar-refractivity contribution in [2.75, 3.05) is 19.7 Å². The second-order valence-electron chi connectivity index (χ2n) is 7.80. The Morgan fingerprint density at radius 3 is 2.57 bits per heavy atom. The number of rotatable bonds is 10. The Kier molecular flexibility index (Phi) is 8.08. The van der Waals surface area contributed by atoms with Crippen molar-refractivity contribution in [1.82, 2.24) is 9.88 Å². The highest BCUT2D eigenvalue weighted by molar-refractivity contribution is 6.31. The molecule has 2 heterocycles. The molecule has 0 atom stereocenters. The summed E-state index contributed by atoms with van der Waals surface area (Å²) in [6, 6.07) is 1.90. The van der Waals surface area contributed by atoms with Crippen LogP contribution >= 0.6 is 11.6 Å². The molecule has 0 spiro atoms. The molecule has 0 amide bonds. The van der Waals surface area contributed by atoms with Crippen LogP contribution in [-0.4, -0.2) is 35.7 Å². The third kappa shape index (κ3) is 6.64. The third-order valence-electron chi connectivity index (χ3n) is 4.43. The molecule has 0 radical (unpaired) electrons. The average Bonchev–Trinajstić information content (AvgIpc) is 2.56. The number of allylic oxidation sites excluding steroid dienone is 3. The van der Waals surface area contributed by atoms with Crippen LogP contribution in [0.3, 0.4) is 0 Å². The predicted molar refractivity (Wildman–Crippen MR) is 112 cm³/mol. The lowest BCUT2D eigenvalue weighted by atomic mass is 9.99. The summed E-state index contributed by atoms with van der Waals surface area (Å²) in [5.74, 6) is 1.00. The van der Waals surface area contributed by atoms with Gasteiger partial charge >= 0.3 is 0 Å². The molecule has 1 saturated heterocycles. The maximum Gasteiger partial charge on any atom is 0.232 e. The molecule has 0 unspecified atom stereocenters. The zero-order valence-electron chi connectivity index (χ0n) is 17.2. The molecule has 4 nitrogen and oxygen atoms in total. The van der Waals surface area contributed by atoms with Gasteiger partial charge in [0.2, 0.25) is 5.88 Å². The Hall–Kier alpha value is -1.85. The fraction of sp³-hybridized carbons (Fsp3) is 0.500. The van der Waals surface area contributed by atoms with E-state index in [-0.39, 0.29) is 12.0 Å². The first-order valence-corrected chi connectivity index (χ1v) is 9.95. The first-order valence-electron chi connectivity index (χ1n) is 9.57.